The molecule has 2 aliphatic heterocycles. The Kier molecular flexibility index (Phi) is 6.86. The summed E-state index contributed by atoms with van der Waals surface area (Å²) in [5, 5.41) is 0. The Bertz CT molecular complexity index is 1090. The van der Waals surface area contributed by atoms with E-state index in [-0.39, 0.29) is 36.4 Å². The van der Waals surface area contributed by atoms with Crippen LogP contribution in [-0.2, 0) is 19.8 Å². The lowest BCUT2D eigenvalue weighted by molar-refractivity contribution is -0.142. The van der Waals surface area contributed by atoms with Crippen LogP contribution in [0.15, 0.2) is 48.5 Å². The molecule has 0 aliphatic carbocycles. The molecule has 7 nitrogen and oxygen atoms in total. The lowest BCUT2D eigenvalue weighted by Gasteiger charge is -2.35. The molecule has 2 aliphatic rings. The van der Waals surface area contributed by atoms with Crippen molar-refractivity contribution in [3.63, 3.8) is 0 Å². The number of hydrogen-bond donors (Lipinski definition) is 0. The number of likely N-dealkylation sites (tertiary alicyclic amines) is 2. The lowest BCUT2D eigenvalue weighted by Crippen LogP contribution is -2.46. The Balaban J connectivity index is 1.50. The van der Waals surface area contributed by atoms with Crippen LogP contribution in [0.2, 0.25) is 0 Å². The van der Waals surface area contributed by atoms with Gasteiger partial charge in [0.2, 0.25) is 17.7 Å². The minimum Gasteiger partial charge on any atom is -0.496 e. The van der Waals surface area contributed by atoms with E-state index in [0.717, 1.165) is 17.7 Å². The van der Waals surface area contributed by atoms with E-state index < -0.39 is 11.3 Å². The van der Waals surface area contributed by atoms with Gasteiger partial charge in [-0.25, -0.2) is 4.39 Å². The first-order valence-corrected chi connectivity index (χ1v) is 11.4. The number of rotatable bonds is 7. The van der Waals surface area contributed by atoms with E-state index >= 15 is 0 Å². The standard InChI is InChI=1S/C26H29FN2O5/c1-28-23(30)14-26(25(28)32,21-10-3-4-11-22(21)33-2)15-24(31)29-12-6-7-18(16-29)17-34-20-9-5-8-19(27)13-20/h3-5,8-11,13,18H,6-7,12,14-17H2,1-2H3. The number of para-hydroxylation sites is 1. The molecule has 34 heavy (non-hydrogen) atoms. The molecule has 2 atom stereocenters. The fourth-order valence-electron chi connectivity index (χ4n) is 4.94. The molecule has 0 saturated carbocycles. The van der Waals surface area contributed by atoms with Gasteiger partial charge < -0.3 is 14.4 Å². The van der Waals surface area contributed by atoms with Crippen molar-refractivity contribution in [3.05, 3.63) is 59.9 Å². The number of piperidine rings is 1. The number of methoxy groups -OCH3 is 1. The van der Waals surface area contributed by atoms with Gasteiger partial charge in [0.05, 0.1) is 19.1 Å². The second-order valence-corrected chi connectivity index (χ2v) is 9.01. The van der Waals surface area contributed by atoms with Crippen LogP contribution in [0.4, 0.5) is 4.39 Å². The molecule has 0 bridgehead atoms. The van der Waals surface area contributed by atoms with Crippen LogP contribution in [0.1, 0.15) is 31.2 Å². The third-order valence-corrected chi connectivity index (χ3v) is 6.77. The van der Waals surface area contributed by atoms with Crippen molar-refractivity contribution in [2.24, 2.45) is 5.92 Å². The molecule has 2 saturated heterocycles. The molecule has 0 aromatic heterocycles. The highest BCUT2D eigenvalue weighted by Crippen LogP contribution is 2.43. The number of likely N-dealkylation sites (N-methyl/N-ethyl adjacent to an activating group) is 1. The average molecular weight is 469 g/mol. The van der Waals surface area contributed by atoms with E-state index in [0.29, 0.717) is 36.8 Å². The third-order valence-electron chi connectivity index (χ3n) is 6.77. The van der Waals surface area contributed by atoms with Crippen molar-refractivity contribution in [1.82, 2.24) is 9.80 Å². The second kappa shape index (κ2) is 9.83. The molecule has 0 radical (unpaired) electrons. The van der Waals surface area contributed by atoms with Crippen molar-refractivity contribution in [1.29, 1.82) is 0 Å². The fourth-order valence-corrected chi connectivity index (χ4v) is 4.94. The number of carbonyl (C=O) groups is 3. The van der Waals surface area contributed by atoms with E-state index in [2.05, 4.69) is 0 Å². The van der Waals surface area contributed by atoms with Crippen molar-refractivity contribution < 1.29 is 28.2 Å². The molecule has 3 amide bonds. The summed E-state index contributed by atoms with van der Waals surface area (Å²) in [6.07, 6.45) is 1.50. The maximum absolute atomic E-state index is 13.5. The summed E-state index contributed by atoms with van der Waals surface area (Å²) in [5.41, 5.74) is -0.739. The minimum absolute atomic E-state index is 0.0750. The van der Waals surface area contributed by atoms with Gasteiger partial charge in [0.15, 0.2) is 0 Å². The number of benzene rings is 2. The quantitative estimate of drug-likeness (QED) is 0.584. The maximum Gasteiger partial charge on any atom is 0.240 e. The van der Waals surface area contributed by atoms with E-state index in [1.165, 1.54) is 26.3 Å². The zero-order chi connectivity index (χ0) is 24.3. The fraction of sp³-hybridized carbons (Fsp3) is 0.423. The summed E-state index contributed by atoms with van der Waals surface area (Å²) in [7, 11) is 2.96. The number of halogens is 1. The largest absolute Gasteiger partial charge is 0.496 e. The average Bonchev–Trinajstić information content (AvgIpc) is 3.07. The molecular formula is C26H29FN2O5. The molecular weight excluding hydrogens is 439 g/mol. The van der Waals surface area contributed by atoms with Gasteiger partial charge >= 0.3 is 0 Å². The van der Waals surface area contributed by atoms with Gasteiger partial charge in [-0.2, -0.15) is 0 Å². The zero-order valence-electron chi connectivity index (χ0n) is 19.5. The highest BCUT2D eigenvalue weighted by molar-refractivity contribution is 6.10. The topological polar surface area (TPSA) is 76.2 Å². The first kappa shape index (κ1) is 23.7. The van der Waals surface area contributed by atoms with Crippen LogP contribution in [0.3, 0.4) is 0 Å². The van der Waals surface area contributed by atoms with E-state index in [1.54, 1.807) is 41.3 Å². The van der Waals surface area contributed by atoms with Gasteiger partial charge in [-0.3, -0.25) is 19.3 Å². The van der Waals surface area contributed by atoms with Crippen LogP contribution in [-0.4, -0.2) is 61.4 Å². The first-order chi connectivity index (χ1) is 16.3. The van der Waals surface area contributed by atoms with Gasteiger partial charge in [0.25, 0.3) is 0 Å². The third kappa shape index (κ3) is 4.62. The number of imide groups is 1. The molecule has 4 rings (SSSR count). The second-order valence-electron chi connectivity index (χ2n) is 9.01. The Labute approximate surface area is 198 Å². The number of ether oxygens (including phenoxy) is 2. The molecule has 2 aromatic rings. The summed E-state index contributed by atoms with van der Waals surface area (Å²) in [4.78, 5) is 42.1. The van der Waals surface area contributed by atoms with Crippen molar-refractivity contribution in [3.8, 4) is 11.5 Å². The van der Waals surface area contributed by atoms with Gasteiger partial charge in [-0.05, 0) is 31.0 Å². The molecule has 2 heterocycles. The molecule has 180 valence electrons. The summed E-state index contributed by atoms with van der Waals surface area (Å²) in [6, 6.07) is 13.0. The normalized spacial score (nSPS) is 22.7. The van der Waals surface area contributed by atoms with Gasteiger partial charge in [0, 0.05) is 50.5 Å². The summed E-state index contributed by atoms with van der Waals surface area (Å²) < 4.78 is 24.6. The molecule has 0 spiro atoms. The van der Waals surface area contributed by atoms with E-state index in [9.17, 15) is 18.8 Å². The SMILES string of the molecule is COc1ccccc1C1(CC(=O)N2CCCC(COc3cccc(F)c3)C2)CC(=O)N(C)C1=O. The highest BCUT2D eigenvalue weighted by atomic mass is 19.1. The van der Waals surface area contributed by atoms with Crippen molar-refractivity contribution in [2.75, 3.05) is 33.9 Å². The van der Waals surface area contributed by atoms with E-state index in [1.807, 2.05) is 0 Å². The predicted molar refractivity (Wildman–Crippen MR) is 123 cm³/mol. The monoisotopic (exact) mass is 468 g/mol. The lowest BCUT2D eigenvalue weighted by atomic mass is 9.75. The van der Waals surface area contributed by atoms with Crippen molar-refractivity contribution >= 4 is 17.7 Å². The van der Waals surface area contributed by atoms with Crippen molar-refractivity contribution in [2.45, 2.75) is 31.1 Å². The number of carbonyl (C=O) groups excluding carboxylic acids is 3. The predicted octanol–water partition coefficient (Wildman–Crippen LogP) is 3.17. The van der Waals surface area contributed by atoms with Gasteiger partial charge in [0.1, 0.15) is 17.3 Å². The summed E-state index contributed by atoms with van der Waals surface area (Å²) in [6.45, 7) is 1.43. The number of hydrogen-bond acceptors (Lipinski definition) is 5. The van der Waals surface area contributed by atoms with Gasteiger partial charge in [-0.1, -0.05) is 24.3 Å². The smallest absolute Gasteiger partial charge is 0.240 e. The van der Waals surface area contributed by atoms with Crippen LogP contribution in [0.25, 0.3) is 0 Å². The van der Waals surface area contributed by atoms with Crippen LogP contribution in [0, 0.1) is 11.7 Å². The minimum atomic E-state index is -1.29. The highest BCUT2D eigenvalue weighted by Gasteiger charge is 2.54. The molecule has 2 fully saturated rings. The molecule has 2 aromatic carbocycles. The Morgan fingerprint density at radius 3 is 2.68 bits per heavy atom. The maximum atomic E-state index is 13.5. The summed E-state index contributed by atoms with van der Waals surface area (Å²) in [5.74, 6) is -0.226. The first-order valence-electron chi connectivity index (χ1n) is 11.4. The summed E-state index contributed by atoms with van der Waals surface area (Å²) >= 11 is 0. The zero-order valence-corrected chi connectivity index (χ0v) is 19.5. The Morgan fingerprint density at radius 1 is 1.18 bits per heavy atom. The molecule has 8 heteroatoms. The molecule has 2 unspecified atom stereocenters. The van der Waals surface area contributed by atoms with Crippen LogP contribution >= 0.6 is 0 Å². The van der Waals surface area contributed by atoms with Gasteiger partial charge in [-0.15, -0.1) is 0 Å². The van der Waals surface area contributed by atoms with Crippen LogP contribution < -0.4 is 9.47 Å². The van der Waals surface area contributed by atoms with Crippen LogP contribution in [0.5, 0.6) is 11.5 Å². The van der Waals surface area contributed by atoms with E-state index in [4.69, 9.17) is 9.47 Å². The number of amides is 3. The molecule has 0 N–H and O–H groups in total. The Hall–Kier alpha value is -3.42. The number of nitrogens with zero attached hydrogens (tertiary/aromatic N) is 2. The Morgan fingerprint density at radius 2 is 1.97 bits per heavy atom.